The van der Waals surface area contributed by atoms with Crippen LogP contribution in [0.1, 0.15) is 57.7 Å². The molecule has 0 saturated carbocycles. The van der Waals surface area contributed by atoms with Crippen LogP contribution in [0.4, 0.5) is 0 Å². The fourth-order valence-corrected chi connectivity index (χ4v) is 6.84. The zero-order valence-electron chi connectivity index (χ0n) is 27.4. The molecule has 45 heavy (non-hydrogen) atoms. The van der Waals surface area contributed by atoms with Crippen molar-refractivity contribution in [3.8, 4) is 17.6 Å². The summed E-state index contributed by atoms with van der Waals surface area (Å²) in [6.07, 6.45) is 0.258. The Hall–Kier alpha value is -3.51. The standard InChI is InChI=1S/C35H46N3O6P/c1-26(2)38(27(3)4)45(43-23-11-22-36)44-25-32(37-28(5)39)24-42-35(29-12-9-8-10-13-29,30-14-18-33(40-6)19-15-30)31-16-20-34(41-7)21-17-31/h8-10,12-21,26-27,32H,11,23-25H2,1-7H3,(H,37,39)/t32-,45?/m1/s1. The van der Waals surface area contributed by atoms with E-state index in [4.69, 9.17) is 28.5 Å². The topological polar surface area (TPSA) is 102 Å². The van der Waals surface area contributed by atoms with Gasteiger partial charge in [-0.3, -0.25) is 4.79 Å². The van der Waals surface area contributed by atoms with Gasteiger partial charge in [-0.1, -0.05) is 54.6 Å². The number of methoxy groups -OCH3 is 2. The minimum absolute atomic E-state index is 0.122. The molecule has 242 valence electrons. The fourth-order valence-electron chi connectivity index (χ4n) is 5.19. The lowest BCUT2D eigenvalue weighted by Gasteiger charge is -2.38. The molecule has 0 saturated heterocycles. The molecule has 0 bridgehead atoms. The number of nitrogens with one attached hydrogen (secondary N) is 1. The van der Waals surface area contributed by atoms with Crippen molar-refractivity contribution < 1.29 is 28.1 Å². The summed E-state index contributed by atoms with van der Waals surface area (Å²) < 4.78 is 32.6. The van der Waals surface area contributed by atoms with Crippen molar-refractivity contribution in [3.05, 3.63) is 95.6 Å². The molecule has 1 N–H and O–H groups in total. The third-order valence-electron chi connectivity index (χ3n) is 7.13. The minimum atomic E-state index is -1.51. The van der Waals surface area contributed by atoms with E-state index in [1.165, 1.54) is 6.92 Å². The Morgan fingerprint density at radius 1 is 0.822 bits per heavy atom. The molecule has 3 aromatic carbocycles. The smallest absolute Gasteiger partial charge is 0.259 e. The van der Waals surface area contributed by atoms with Gasteiger partial charge in [0, 0.05) is 19.0 Å². The Bertz CT molecular complexity index is 1290. The Morgan fingerprint density at radius 3 is 1.78 bits per heavy atom. The largest absolute Gasteiger partial charge is 0.497 e. The van der Waals surface area contributed by atoms with Gasteiger partial charge in [-0.2, -0.15) is 5.26 Å². The number of rotatable bonds is 18. The summed E-state index contributed by atoms with van der Waals surface area (Å²) in [5.41, 5.74) is 1.63. The molecule has 9 nitrogen and oxygen atoms in total. The summed E-state index contributed by atoms with van der Waals surface area (Å²) >= 11 is 0. The van der Waals surface area contributed by atoms with Crippen LogP contribution < -0.4 is 14.8 Å². The molecule has 0 radical (unpaired) electrons. The summed E-state index contributed by atoms with van der Waals surface area (Å²) in [6.45, 7) is 10.3. The predicted octanol–water partition coefficient (Wildman–Crippen LogP) is 6.81. The molecule has 0 aliphatic carbocycles. The summed E-state index contributed by atoms with van der Waals surface area (Å²) in [4.78, 5) is 12.4. The number of carbonyl (C=O) groups is 1. The Balaban J connectivity index is 2.03. The third kappa shape index (κ3) is 9.74. The second kappa shape index (κ2) is 17.8. The van der Waals surface area contributed by atoms with Crippen molar-refractivity contribution >= 4 is 14.4 Å². The van der Waals surface area contributed by atoms with Gasteiger partial charge in [0.2, 0.25) is 5.91 Å². The lowest BCUT2D eigenvalue weighted by Crippen LogP contribution is -2.44. The molecule has 10 heteroatoms. The number of ether oxygens (including phenoxy) is 3. The van der Waals surface area contributed by atoms with E-state index in [0.29, 0.717) is 0 Å². The summed E-state index contributed by atoms with van der Waals surface area (Å²) in [6, 6.07) is 27.5. The van der Waals surface area contributed by atoms with E-state index in [1.807, 2.05) is 78.9 Å². The van der Waals surface area contributed by atoms with Gasteiger partial charge in [0.15, 0.2) is 0 Å². The van der Waals surface area contributed by atoms with E-state index < -0.39 is 20.2 Å². The number of nitrogens with zero attached hydrogens (tertiary/aromatic N) is 2. The number of amides is 1. The van der Waals surface area contributed by atoms with Gasteiger partial charge < -0.3 is 28.6 Å². The second-order valence-corrected chi connectivity index (χ2v) is 12.5. The van der Waals surface area contributed by atoms with E-state index in [-0.39, 0.29) is 44.2 Å². The zero-order chi connectivity index (χ0) is 32.8. The Morgan fingerprint density at radius 2 is 1.33 bits per heavy atom. The summed E-state index contributed by atoms with van der Waals surface area (Å²) in [7, 11) is 1.76. The van der Waals surface area contributed by atoms with Gasteiger partial charge >= 0.3 is 0 Å². The SMILES string of the molecule is COc1ccc(C(OC[C@H](COP(OCCC#N)N(C(C)C)C(C)C)NC(C)=O)(c2ccccc2)c2ccc(OC)cc2)cc1. The van der Waals surface area contributed by atoms with Gasteiger partial charge in [0.1, 0.15) is 17.1 Å². The first-order valence-corrected chi connectivity index (χ1v) is 16.3. The Kier molecular flexibility index (Phi) is 14.3. The highest BCUT2D eigenvalue weighted by Gasteiger charge is 2.39. The van der Waals surface area contributed by atoms with Crippen molar-refractivity contribution in [1.82, 2.24) is 9.99 Å². The highest BCUT2D eigenvalue weighted by atomic mass is 31.2. The quantitative estimate of drug-likeness (QED) is 0.0924. The first kappa shape index (κ1) is 36.0. The van der Waals surface area contributed by atoms with Gasteiger partial charge in [0.25, 0.3) is 8.53 Å². The second-order valence-electron chi connectivity index (χ2n) is 11.1. The molecule has 0 aromatic heterocycles. The average Bonchev–Trinajstić information content (AvgIpc) is 3.04. The van der Waals surface area contributed by atoms with Crippen molar-refractivity contribution in [2.24, 2.45) is 0 Å². The predicted molar refractivity (Wildman–Crippen MR) is 177 cm³/mol. The van der Waals surface area contributed by atoms with Crippen molar-refractivity contribution in [3.63, 3.8) is 0 Å². The first-order chi connectivity index (χ1) is 21.7. The molecular weight excluding hydrogens is 589 g/mol. The molecule has 2 atom stereocenters. The normalized spacial score (nSPS) is 13.0. The van der Waals surface area contributed by atoms with Crippen LogP contribution in [0, 0.1) is 11.3 Å². The molecule has 1 amide bonds. The summed E-state index contributed by atoms with van der Waals surface area (Å²) in [5.74, 6) is 1.25. The highest BCUT2D eigenvalue weighted by molar-refractivity contribution is 7.44. The van der Waals surface area contributed by atoms with Crippen LogP contribution in [0.3, 0.4) is 0 Å². The zero-order valence-corrected chi connectivity index (χ0v) is 28.3. The van der Waals surface area contributed by atoms with Crippen LogP contribution in [-0.4, -0.2) is 62.7 Å². The van der Waals surface area contributed by atoms with Gasteiger partial charge in [-0.15, -0.1) is 0 Å². The molecule has 0 fully saturated rings. The van der Waals surface area contributed by atoms with Crippen LogP contribution >= 0.6 is 8.53 Å². The van der Waals surface area contributed by atoms with E-state index in [9.17, 15) is 4.79 Å². The average molecular weight is 636 g/mol. The maximum atomic E-state index is 12.4. The molecule has 3 aromatic rings. The van der Waals surface area contributed by atoms with E-state index in [2.05, 4.69) is 43.8 Å². The number of hydrogen-bond donors (Lipinski definition) is 1. The van der Waals surface area contributed by atoms with Crippen LogP contribution in [0.15, 0.2) is 78.9 Å². The van der Waals surface area contributed by atoms with E-state index in [0.717, 1.165) is 28.2 Å². The number of benzene rings is 3. The number of hydrogen-bond acceptors (Lipinski definition) is 8. The maximum Gasteiger partial charge on any atom is 0.259 e. The van der Waals surface area contributed by atoms with Gasteiger partial charge in [-0.05, 0) is 68.7 Å². The Labute approximate surface area is 269 Å². The monoisotopic (exact) mass is 635 g/mol. The van der Waals surface area contributed by atoms with Crippen molar-refractivity contribution in [2.75, 3.05) is 34.0 Å². The molecule has 0 aliphatic rings. The highest BCUT2D eigenvalue weighted by Crippen LogP contribution is 2.46. The van der Waals surface area contributed by atoms with E-state index in [1.54, 1.807) is 14.2 Å². The van der Waals surface area contributed by atoms with Crippen LogP contribution in [0.5, 0.6) is 11.5 Å². The van der Waals surface area contributed by atoms with E-state index >= 15 is 0 Å². The molecule has 0 spiro atoms. The molecular formula is C35H46N3O6P. The van der Waals surface area contributed by atoms with Crippen molar-refractivity contribution in [1.29, 1.82) is 5.26 Å². The molecule has 1 unspecified atom stereocenters. The fraction of sp³-hybridized carbons (Fsp3) is 0.429. The number of carbonyl (C=O) groups excluding carboxylic acids is 1. The summed E-state index contributed by atoms with van der Waals surface area (Å²) in [5, 5.41) is 12.1. The van der Waals surface area contributed by atoms with Crippen LogP contribution in [0.25, 0.3) is 0 Å². The number of nitriles is 1. The maximum absolute atomic E-state index is 12.4. The van der Waals surface area contributed by atoms with Crippen LogP contribution in [-0.2, 0) is 24.2 Å². The lowest BCUT2D eigenvalue weighted by molar-refractivity contribution is -0.121. The lowest BCUT2D eigenvalue weighted by atomic mass is 9.80. The van der Waals surface area contributed by atoms with Crippen molar-refractivity contribution in [2.45, 2.75) is 64.8 Å². The minimum Gasteiger partial charge on any atom is -0.497 e. The van der Waals surface area contributed by atoms with Gasteiger partial charge in [-0.25, -0.2) is 4.67 Å². The van der Waals surface area contributed by atoms with Gasteiger partial charge in [0.05, 0.1) is 52.6 Å². The molecule has 0 aliphatic heterocycles. The third-order valence-corrected chi connectivity index (χ3v) is 9.20. The first-order valence-electron chi connectivity index (χ1n) is 15.1. The molecule has 0 heterocycles. The van der Waals surface area contributed by atoms with Crippen LogP contribution in [0.2, 0.25) is 0 Å². The molecule has 3 rings (SSSR count).